The van der Waals surface area contributed by atoms with Crippen molar-refractivity contribution in [3.05, 3.63) is 53.3 Å². The minimum absolute atomic E-state index is 0.176. The smallest absolute Gasteiger partial charge is 0.223 e. The number of aliphatic hydroxyl groups excluding tert-OH is 1. The number of aliphatic hydroxyl groups is 1. The summed E-state index contributed by atoms with van der Waals surface area (Å²) in [7, 11) is 0. The van der Waals surface area contributed by atoms with Crippen molar-refractivity contribution in [2.75, 3.05) is 18.5 Å². The second kappa shape index (κ2) is 7.01. The topological polar surface area (TPSA) is 58.0 Å². The number of rotatable bonds is 6. The Hall–Kier alpha value is -1.94. The molecule has 0 aliphatic rings. The predicted molar refractivity (Wildman–Crippen MR) is 80.9 cm³/mol. The van der Waals surface area contributed by atoms with Gasteiger partial charge >= 0.3 is 0 Å². The highest BCUT2D eigenvalue weighted by Crippen LogP contribution is 2.19. The van der Waals surface area contributed by atoms with E-state index in [1.807, 2.05) is 38.1 Å². The fourth-order valence-electron chi connectivity index (χ4n) is 2.29. The van der Waals surface area contributed by atoms with Gasteiger partial charge < -0.3 is 10.4 Å². The van der Waals surface area contributed by atoms with Crippen LogP contribution in [0.4, 0.5) is 5.95 Å². The van der Waals surface area contributed by atoms with Crippen LogP contribution in [-0.2, 0) is 0 Å². The normalized spacial score (nSPS) is 12.2. The fourth-order valence-corrected chi connectivity index (χ4v) is 2.29. The third kappa shape index (κ3) is 4.03. The molecule has 0 aliphatic heterocycles. The molecule has 1 unspecified atom stereocenters. The Kier molecular flexibility index (Phi) is 5.07. The van der Waals surface area contributed by atoms with E-state index in [4.69, 9.17) is 0 Å². The number of aromatic nitrogens is 2. The zero-order chi connectivity index (χ0) is 14.4. The average molecular weight is 271 g/mol. The van der Waals surface area contributed by atoms with Crippen molar-refractivity contribution in [2.45, 2.75) is 26.2 Å². The van der Waals surface area contributed by atoms with Crippen LogP contribution in [0.3, 0.4) is 0 Å². The maximum absolute atomic E-state index is 9.22. The molecule has 4 heteroatoms. The highest BCUT2D eigenvalue weighted by molar-refractivity contribution is 5.30. The van der Waals surface area contributed by atoms with Gasteiger partial charge in [-0.05, 0) is 31.9 Å². The van der Waals surface area contributed by atoms with Crippen LogP contribution < -0.4 is 5.32 Å². The number of aryl methyl sites for hydroxylation is 2. The Labute approximate surface area is 119 Å². The summed E-state index contributed by atoms with van der Waals surface area (Å²) in [6, 6.07) is 12.2. The Morgan fingerprint density at radius 2 is 1.75 bits per heavy atom. The lowest BCUT2D eigenvalue weighted by Gasteiger charge is -2.17. The van der Waals surface area contributed by atoms with Crippen LogP contribution in [0.25, 0.3) is 0 Å². The molecule has 1 atom stereocenters. The predicted octanol–water partition coefficient (Wildman–Crippen LogP) is 2.67. The number of nitrogens with zero attached hydrogens (tertiary/aromatic N) is 2. The maximum atomic E-state index is 9.22. The van der Waals surface area contributed by atoms with Gasteiger partial charge in [-0.2, -0.15) is 0 Å². The Bertz CT molecular complexity index is 522. The summed E-state index contributed by atoms with van der Waals surface area (Å²) < 4.78 is 0. The van der Waals surface area contributed by atoms with Crippen LogP contribution in [-0.4, -0.2) is 28.2 Å². The van der Waals surface area contributed by atoms with Crippen molar-refractivity contribution in [1.29, 1.82) is 0 Å². The molecule has 0 radical (unpaired) electrons. The van der Waals surface area contributed by atoms with Crippen LogP contribution in [0.1, 0.15) is 29.3 Å². The summed E-state index contributed by atoms with van der Waals surface area (Å²) in [5.41, 5.74) is 3.13. The number of anilines is 1. The minimum atomic E-state index is 0.176. The number of hydrogen-bond donors (Lipinski definition) is 2. The summed E-state index contributed by atoms with van der Waals surface area (Å²) in [6.07, 6.45) is 0.724. The first kappa shape index (κ1) is 14.5. The second-order valence-corrected chi connectivity index (χ2v) is 4.98. The van der Waals surface area contributed by atoms with Gasteiger partial charge in [-0.3, -0.25) is 0 Å². The molecule has 1 aromatic carbocycles. The number of benzene rings is 1. The lowest BCUT2D eigenvalue weighted by Crippen LogP contribution is -2.16. The molecule has 106 valence electrons. The molecule has 0 fully saturated rings. The Morgan fingerprint density at radius 3 is 2.35 bits per heavy atom. The van der Waals surface area contributed by atoms with Gasteiger partial charge in [0.25, 0.3) is 0 Å². The molecule has 2 aromatic rings. The fraction of sp³-hybridized carbons (Fsp3) is 0.375. The highest BCUT2D eigenvalue weighted by Gasteiger charge is 2.11. The standard InChI is InChI=1S/C16H21N3O/c1-12-10-13(2)19-16(18-12)17-11-15(8-9-20)14-6-4-3-5-7-14/h3-7,10,15,20H,8-9,11H2,1-2H3,(H,17,18,19). The molecular formula is C16H21N3O. The van der Waals surface area contributed by atoms with Crippen molar-refractivity contribution in [3.8, 4) is 0 Å². The molecule has 0 amide bonds. The van der Waals surface area contributed by atoms with E-state index in [1.165, 1.54) is 5.56 Å². The summed E-state index contributed by atoms with van der Waals surface area (Å²) in [4.78, 5) is 8.75. The number of hydrogen-bond acceptors (Lipinski definition) is 4. The van der Waals surface area contributed by atoms with E-state index in [2.05, 4.69) is 27.4 Å². The van der Waals surface area contributed by atoms with E-state index >= 15 is 0 Å². The molecule has 1 heterocycles. The molecular weight excluding hydrogens is 250 g/mol. The van der Waals surface area contributed by atoms with Gasteiger partial charge in [0.2, 0.25) is 5.95 Å². The third-order valence-electron chi connectivity index (χ3n) is 3.24. The summed E-state index contributed by atoms with van der Waals surface area (Å²) in [5, 5.41) is 12.5. The van der Waals surface area contributed by atoms with Crippen LogP contribution in [0, 0.1) is 13.8 Å². The van der Waals surface area contributed by atoms with Crippen molar-refractivity contribution in [1.82, 2.24) is 9.97 Å². The van der Waals surface area contributed by atoms with E-state index < -0.39 is 0 Å². The van der Waals surface area contributed by atoms with Gasteiger partial charge in [0, 0.05) is 30.5 Å². The first-order chi connectivity index (χ1) is 9.69. The molecule has 0 saturated heterocycles. The van der Waals surface area contributed by atoms with Crippen LogP contribution in [0.15, 0.2) is 36.4 Å². The van der Waals surface area contributed by atoms with Crippen LogP contribution in [0.5, 0.6) is 0 Å². The summed E-state index contributed by atoms with van der Waals surface area (Å²) in [5.74, 6) is 0.909. The SMILES string of the molecule is Cc1cc(C)nc(NCC(CCO)c2ccccc2)n1. The number of nitrogens with one attached hydrogen (secondary N) is 1. The van der Waals surface area contributed by atoms with Crippen molar-refractivity contribution >= 4 is 5.95 Å². The van der Waals surface area contributed by atoms with Crippen molar-refractivity contribution in [3.63, 3.8) is 0 Å². The average Bonchev–Trinajstić information content (AvgIpc) is 2.43. The highest BCUT2D eigenvalue weighted by atomic mass is 16.3. The molecule has 0 bridgehead atoms. The first-order valence-corrected chi connectivity index (χ1v) is 6.91. The lowest BCUT2D eigenvalue weighted by atomic mass is 9.96. The van der Waals surface area contributed by atoms with E-state index in [0.29, 0.717) is 12.5 Å². The monoisotopic (exact) mass is 271 g/mol. The largest absolute Gasteiger partial charge is 0.396 e. The van der Waals surface area contributed by atoms with E-state index in [9.17, 15) is 5.11 Å². The molecule has 2 N–H and O–H groups in total. The van der Waals surface area contributed by atoms with Gasteiger partial charge in [-0.15, -0.1) is 0 Å². The van der Waals surface area contributed by atoms with Gasteiger partial charge in [0.05, 0.1) is 0 Å². The van der Waals surface area contributed by atoms with E-state index in [0.717, 1.165) is 17.8 Å². The molecule has 0 aliphatic carbocycles. The first-order valence-electron chi connectivity index (χ1n) is 6.91. The molecule has 20 heavy (non-hydrogen) atoms. The zero-order valence-corrected chi connectivity index (χ0v) is 12.0. The molecule has 0 saturated carbocycles. The molecule has 2 rings (SSSR count). The van der Waals surface area contributed by atoms with Crippen LogP contribution in [0.2, 0.25) is 0 Å². The molecule has 4 nitrogen and oxygen atoms in total. The minimum Gasteiger partial charge on any atom is -0.396 e. The summed E-state index contributed by atoms with van der Waals surface area (Å²) >= 11 is 0. The van der Waals surface area contributed by atoms with E-state index in [1.54, 1.807) is 0 Å². The molecule has 0 spiro atoms. The van der Waals surface area contributed by atoms with E-state index in [-0.39, 0.29) is 12.5 Å². The second-order valence-electron chi connectivity index (χ2n) is 4.98. The third-order valence-corrected chi connectivity index (χ3v) is 3.24. The van der Waals surface area contributed by atoms with Crippen LogP contribution >= 0.6 is 0 Å². The molecule has 1 aromatic heterocycles. The van der Waals surface area contributed by atoms with Gasteiger partial charge in [0.1, 0.15) is 0 Å². The zero-order valence-electron chi connectivity index (χ0n) is 12.0. The Morgan fingerprint density at radius 1 is 1.10 bits per heavy atom. The summed E-state index contributed by atoms with van der Waals surface area (Å²) in [6.45, 7) is 4.81. The van der Waals surface area contributed by atoms with Gasteiger partial charge in [-0.1, -0.05) is 30.3 Å². The van der Waals surface area contributed by atoms with Crippen molar-refractivity contribution < 1.29 is 5.11 Å². The maximum Gasteiger partial charge on any atom is 0.223 e. The Balaban J connectivity index is 2.05. The quantitative estimate of drug-likeness (QED) is 0.848. The van der Waals surface area contributed by atoms with Gasteiger partial charge in [-0.25, -0.2) is 9.97 Å². The van der Waals surface area contributed by atoms with Crippen molar-refractivity contribution in [2.24, 2.45) is 0 Å². The van der Waals surface area contributed by atoms with Gasteiger partial charge in [0.15, 0.2) is 0 Å². The lowest BCUT2D eigenvalue weighted by molar-refractivity contribution is 0.277.